The highest BCUT2D eigenvalue weighted by atomic mass is 35.5. The summed E-state index contributed by atoms with van der Waals surface area (Å²) in [6, 6.07) is 21.9. The lowest BCUT2D eigenvalue weighted by molar-refractivity contribution is 1.27. The van der Waals surface area contributed by atoms with Gasteiger partial charge in [-0.1, -0.05) is 35.3 Å². The van der Waals surface area contributed by atoms with Crippen LogP contribution in [0.5, 0.6) is 0 Å². The van der Waals surface area contributed by atoms with Crippen molar-refractivity contribution < 1.29 is 0 Å². The molecule has 6 heteroatoms. The first-order valence-electron chi connectivity index (χ1n) is 10.1. The molecule has 0 amide bonds. The topological polar surface area (TPSA) is 57.4 Å². The van der Waals surface area contributed by atoms with Crippen LogP contribution in [0, 0.1) is 0 Å². The van der Waals surface area contributed by atoms with E-state index in [1.807, 2.05) is 66.8 Å². The maximum atomic E-state index is 6.55. The Morgan fingerprint density at radius 2 is 1.25 bits per heavy atom. The van der Waals surface area contributed by atoms with Gasteiger partial charge in [-0.25, -0.2) is 9.97 Å². The average molecular weight is 455 g/mol. The highest BCUT2D eigenvalue weighted by Gasteiger charge is 2.17. The molecule has 4 nitrogen and oxygen atoms in total. The van der Waals surface area contributed by atoms with Crippen LogP contribution in [0.3, 0.4) is 0 Å². The fourth-order valence-corrected chi connectivity index (χ4v) is 4.34. The Balaban J connectivity index is 1.65. The first-order chi connectivity index (χ1) is 15.6. The van der Waals surface area contributed by atoms with Crippen LogP contribution < -0.4 is 0 Å². The fourth-order valence-electron chi connectivity index (χ4n) is 3.94. The number of nitrogens with one attached hydrogen (secondary N) is 2. The van der Waals surface area contributed by atoms with Gasteiger partial charge in [-0.2, -0.15) is 0 Å². The number of nitrogens with zero attached hydrogens (tertiary/aromatic N) is 2. The summed E-state index contributed by atoms with van der Waals surface area (Å²) < 4.78 is 0. The summed E-state index contributed by atoms with van der Waals surface area (Å²) in [5.41, 5.74) is 9.04. The molecule has 1 aromatic carbocycles. The zero-order valence-electron chi connectivity index (χ0n) is 16.7. The van der Waals surface area contributed by atoms with Gasteiger partial charge in [0.05, 0.1) is 32.8 Å². The lowest BCUT2D eigenvalue weighted by Gasteiger charge is -2.06. The highest BCUT2D eigenvalue weighted by molar-refractivity contribution is 6.43. The van der Waals surface area contributed by atoms with E-state index >= 15 is 0 Å². The van der Waals surface area contributed by atoms with Crippen molar-refractivity contribution in [2.24, 2.45) is 0 Å². The van der Waals surface area contributed by atoms with E-state index in [9.17, 15) is 0 Å². The van der Waals surface area contributed by atoms with Crippen molar-refractivity contribution in [3.63, 3.8) is 0 Å². The highest BCUT2D eigenvalue weighted by Crippen LogP contribution is 2.36. The van der Waals surface area contributed by atoms with Gasteiger partial charge in [0.1, 0.15) is 0 Å². The maximum Gasteiger partial charge on any atom is 0.0738 e. The zero-order valence-corrected chi connectivity index (χ0v) is 18.2. The predicted molar refractivity (Wildman–Crippen MR) is 133 cm³/mol. The molecule has 5 heterocycles. The second kappa shape index (κ2) is 7.52. The SMILES string of the molecule is Clc1cccc(C2=Cc3cc4ccc(cc5ccc(cc6nc(cc2n3)C=C6)[nH]5)[nH]4)c1Cl. The van der Waals surface area contributed by atoms with Crippen molar-refractivity contribution in [1.29, 1.82) is 0 Å². The van der Waals surface area contributed by atoms with Crippen LogP contribution in [0.15, 0.2) is 66.7 Å². The van der Waals surface area contributed by atoms with E-state index in [2.05, 4.69) is 22.1 Å². The molecule has 0 radical (unpaired) electrons. The summed E-state index contributed by atoms with van der Waals surface area (Å²) >= 11 is 12.8. The van der Waals surface area contributed by atoms with E-state index in [0.717, 1.165) is 56.0 Å². The van der Waals surface area contributed by atoms with Crippen LogP contribution in [-0.2, 0) is 0 Å². The molecule has 32 heavy (non-hydrogen) atoms. The number of fused-ring (bicyclic) bond motifs is 8. The van der Waals surface area contributed by atoms with Crippen LogP contribution in [0.2, 0.25) is 10.0 Å². The Bertz CT molecular complexity index is 1610. The molecule has 3 aromatic heterocycles. The number of rotatable bonds is 1. The van der Waals surface area contributed by atoms with Crippen LogP contribution >= 0.6 is 23.2 Å². The largest absolute Gasteiger partial charge is 0.355 e. The molecule has 0 saturated carbocycles. The molecule has 4 aromatic rings. The minimum absolute atomic E-state index is 0.511. The normalized spacial score (nSPS) is 12.8. The molecule has 154 valence electrons. The van der Waals surface area contributed by atoms with Gasteiger partial charge in [-0.15, -0.1) is 0 Å². The molecule has 2 N–H and O–H groups in total. The number of hydrogen-bond donors (Lipinski definition) is 2. The van der Waals surface area contributed by atoms with Gasteiger partial charge in [-0.05, 0) is 72.8 Å². The monoisotopic (exact) mass is 454 g/mol. The Hall–Kier alpha value is -3.60. The van der Waals surface area contributed by atoms with Crippen molar-refractivity contribution in [2.75, 3.05) is 0 Å². The average Bonchev–Trinajstić information content (AvgIpc) is 3.55. The summed E-state index contributed by atoms with van der Waals surface area (Å²) in [6.45, 7) is 0. The van der Waals surface area contributed by atoms with E-state index in [1.165, 1.54) is 0 Å². The fraction of sp³-hybridized carbons (Fsp3) is 0. The lowest BCUT2D eigenvalue weighted by atomic mass is 10.0. The number of aromatic nitrogens is 4. The molecular weight excluding hydrogens is 439 g/mol. The Morgan fingerprint density at radius 1 is 0.625 bits per heavy atom. The molecule has 2 aliphatic heterocycles. The Kier molecular flexibility index (Phi) is 4.49. The Labute approximate surface area is 193 Å². The smallest absolute Gasteiger partial charge is 0.0738 e. The standard InChI is InChI=1S/C26H16Cl2N4/c27-24-3-1-2-22(26(24)28)23-13-21-12-19-7-6-17(30-19)10-15-4-5-16(29-15)11-18-8-9-20(31-18)14-25(23)32-21/h1-14,29-30H. The van der Waals surface area contributed by atoms with Crippen LogP contribution in [-0.4, -0.2) is 19.9 Å². The molecule has 2 aliphatic rings. The number of aromatic amines is 2. The third-order valence-corrected chi connectivity index (χ3v) is 6.23. The first-order valence-corrected chi connectivity index (χ1v) is 10.9. The van der Waals surface area contributed by atoms with Gasteiger partial charge in [0, 0.05) is 33.2 Å². The molecule has 8 bridgehead atoms. The zero-order chi connectivity index (χ0) is 21.7. The minimum Gasteiger partial charge on any atom is -0.355 e. The predicted octanol–water partition coefficient (Wildman–Crippen LogP) is 7.38. The molecule has 0 fully saturated rings. The summed E-state index contributed by atoms with van der Waals surface area (Å²) in [6.07, 6.45) is 6.00. The van der Waals surface area contributed by atoms with Crippen LogP contribution in [0.25, 0.3) is 45.9 Å². The molecule has 0 unspecified atom stereocenters. The second-order valence-corrected chi connectivity index (χ2v) is 8.48. The van der Waals surface area contributed by atoms with Gasteiger partial charge in [-0.3, -0.25) is 0 Å². The van der Waals surface area contributed by atoms with Gasteiger partial charge < -0.3 is 9.97 Å². The summed E-state index contributed by atoms with van der Waals surface area (Å²) in [5.74, 6) is 0. The van der Waals surface area contributed by atoms with Crippen LogP contribution in [0.1, 0.15) is 28.3 Å². The van der Waals surface area contributed by atoms with E-state index < -0.39 is 0 Å². The number of H-pyrrole nitrogens is 2. The van der Waals surface area contributed by atoms with Crippen molar-refractivity contribution in [2.45, 2.75) is 0 Å². The summed E-state index contributed by atoms with van der Waals surface area (Å²) in [5, 5.41) is 1.02. The molecule has 0 spiro atoms. The van der Waals surface area contributed by atoms with Gasteiger partial charge >= 0.3 is 0 Å². The first kappa shape index (κ1) is 19.1. The van der Waals surface area contributed by atoms with E-state index in [0.29, 0.717) is 10.0 Å². The second-order valence-electron chi connectivity index (χ2n) is 7.69. The van der Waals surface area contributed by atoms with Crippen molar-refractivity contribution in [1.82, 2.24) is 19.9 Å². The quantitative estimate of drug-likeness (QED) is 0.272. The van der Waals surface area contributed by atoms with Crippen LogP contribution in [0.4, 0.5) is 0 Å². The van der Waals surface area contributed by atoms with Gasteiger partial charge in [0.15, 0.2) is 0 Å². The number of halogens is 2. The maximum absolute atomic E-state index is 6.55. The lowest BCUT2D eigenvalue weighted by Crippen LogP contribution is -1.88. The molecule has 0 aliphatic carbocycles. The van der Waals surface area contributed by atoms with Gasteiger partial charge in [0.2, 0.25) is 0 Å². The Morgan fingerprint density at radius 3 is 1.97 bits per heavy atom. The summed E-state index contributed by atoms with van der Waals surface area (Å²) in [4.78, 5) is 16.4. The molecule has 6 rings (SSSR count). The molecule has 0 saturated heterocycles. The van der Waals surface area contributed by atoms with Crippen molar-refractivity contribution >= 4 is 69.1 Å². The van der Waals surface area contributed by atoms with Crippen molar-refractivity contribution in [3.8, 4) is 0 Å². The van der Waals surface area contributed by atoms with E-state index in [4.69, 9.17) is 33.2 Å². The molecular formula is C26H16Cl2N4. The van der Waals surface area contributed by atoms with Crippen molar-refractivity contribution in [3.05, 3.63) is 105 Å². The summed E-state index contributed by atoms with van der Waals surface area (Å²) in [7, 11) is 0. The third-order valence-electron chi connectivity index (χ3n) is 5.41. The minimum atomic E-state index is 0.511. The van der Waals surface area contributed by atoms with E-state index in [-0.39, 0.29) is 0 Å². The third kappa shape index (κ3) is 3.54. The van der Waals surface area contributed by atoms with E-state index in [1.54, 1.807) is 6.07 Å². The molecule has 0 atom stereocenters. The number of hydrogen-bond acceptors (Lipinski definition) is 2. The number of benzene rings is 1. The van der Waals surface area contributed by atoms with Gasteiger partial charge in [0.25, 0.3) is 0 Å².